The molecule has 146 valence electrons. The van der Waals surface area contributed by atoms with Crippen LogP contribution in [0.3, 0.4) is 0 Å². The smallest absolute Gasteiger partial charge is 0.416 e. The molecule has 2 heterocycles. The Morgan fingerprint density at radius 3 is 2.67 bits per heavy atom. The number of benzene rings is 1. The highest BCUT2D eigenvalue weighted by atomic mass is 19.4. The Balaban J connectivity index is 1.67. The molecule has 1 aromatic carbocycles. The van der Waals surface area contributed by atoms with Gasteiger partial charge in [0.25, 0.3) is 0 Å². The number of hydrogen-bond donors (Lipinski definition) is 1. The maximum atomic E-state index is 12.8. The first-order chi connectivity index (χ1) is 12.7. The van der Waals surface area contributed by atoms with Crippen molar-refractivity contribution >= 4 is 17.8 Å². The van der Waals surface area contributed by atoms with Crippen LogP contribution in [0.4, 0.5) is 13.2 Å². The fraction of sp³-hybridized carbons (Fsp3) is 0.500. The van der Waals surface area contributed by atoms with Gasteiger partial charge in [0.05, 0.1) is 11.5 Å². The molecule has 1 N–H and O–H groups in total. The minimum absolute atomic E-state index is 0.0190. The number of carboxylic acid groups (broad SMARTS) is 1. The third-order valence-corrected chi connectivity index (χ3v) is 5.01. The van der Waals surface area contributed by atoms with Gasteiger partial charge in [-0.2, -0.15) is 13.2 Å². The minimum atomic E-state index is -4.47. The molecule has 2 aliphatic heterocycles. The molecule has 2 saturated heterocycles. The molecule has 9 heteroatoms. The second-order valence-electron chi connectivity index (χ2n) is 6.90. The van der Waals surface area contributed by atoms with E-state index in [1.165, 1.54) is 21.9 Å². The van der Waals surface area contributed by atoms with E-state index in [9.17, 15) is 32.7 Å². The van der Waals surface area contributed by atoms with Crippen molar-refractivity contribution in [1.29, 1.82) is 0 Å². The van der Waals surface area contributed by atoms with E-state index in [2.05, 4.69) is 0 Å². The Kier molecular flexibility index (Phi) is 5.12. The lowest BCUT2D eigenvalue weighted by Crippen LogP contribution is -2.44. The third-order valence-electron chi connectivity index (χ3n) is 5.01. The summed E-state index contributed by atoms with van der Waals surface area (Å²) in [5, 5.41) is 9.20. The average molecular weight is 384 g/mol. The number of nitrogens with zero attached hydrogens (tertiary/aromatic N) is 2. The van der Waals surface area contributed by atoms with Crippen LogP contribution < -0.4 is 0 Å². The molecule has 6 nitrogen and oxygen atoms in total. The zero-order valence-electron chi connectivity index (χ0n) is 14.4. The van der Waals surface area contributed by atoms with Crippen molar-refractivity contribution in [2.45, 2.75) is 38.0 Å². The molecule has 0 bridgehead atoms. The first-order valence-electron chi connectivity index (χ1n) is 8.64. The molecule has 0 aliphatic carbocycles. The van der Waals surface area contributed by atoms with Gasteiger partial charge in [-0.3, -0.25) is 9.59 Å². The van der Waals surface area contributed by atoms with Gasteiger partial charge in [-0.15, -0.1) is 0 Å². The highest BCUT2D eigenvalue weighted by Crippen LogP contribution is 2.31. The highest BCUT2D eigenvalue weighted by molar-refractivity contribution is 5.91. The van der Waals surface area contributed by atoms with Crippen LogP contribution in [0.2, 0.25) is 0 Å². The van der Waals surface area contributed by atoms with Crippen LogP contribution >= 0.6 is 0 Å². The topological polar surface area (TPSA) is 77.9 Å². The number of alkyl halides is 3. The van der Waals surface area contributed by atoms with Gasteiger partial charge in [0.2, 0.25) is 11.8 Å². The summed E-state index contributed by atoms with van der Waals surface area (Å²) in [7, 11) is 0. The third kappa shape index (κ3) is 4.06. The van der Waals surface area contributed by atoms with E-state index in [4.69, 9.17) is 0 Å². The molecule has 2 amide bonds. The van der Waals surface area contributed by atoms with Gasteiger partial charge < -0.3 is 14.9 Å². The lowest BCUT2D eigenvalue weighted by atomic mass is 10.1. The Morgan fingerprint density at radius 1 is 1.26 bits per heavy atom. The van der Waals surface area contributed by atoms with Gasteiger partial charge >= 0.3 is 12.1 Å². The molecular weight excluding hydrogens is 365 g/mol. The Hall–Kier alpha value is -2.58. The first-order valence-corrected chi connectivity index (χ1v) is 8.64. The van der Waals surface area contributed by atoms with Crippen LogP contribution in [0.1, 0.15) is 30.4 Å². The number of halogens is 3. The van der Waals surface area contributed by atoms with Crippen molar-refractivity contribution in [1.82, 2.24) is 9.80 Å². The summed E-state index contributed by atoms with van der Waals surface area (Å²) in [5.74, 6) is -2.43. The molecule has 3 rings (SSSR count). The number of amides is 2. The molecule has 2 fully saturated rings. The molecule has 0 spiro atoms. The van der Waals surface area contributed by atoms with Crippen molar-refractivity contribution < 1.29 is 32.7 Å². The predicted molar refractivity (Wildman–Crippen MR) is 87.3 cm³/mol. The Morgan fingerprint density at radius 2 is 2.00 bits per heavy atom. The quantitative estimate of drug-likeness (QED) is 0.863. The maximum Gasteiger partial charge on any atom is 0.416 e. The Bertz CT molecular complexity index is 765. The van der Waals surface area contributed by atoms with E-state index in [1.54, 1.807) is 0 Å². The molecular formula is C18H19F3N2O4. The first kappa shape index (κ1) is 19.2. The van der Waals surface area contributed by atoms with Gasteiger partial charge in [0.15, 0.2) is 0 Å². The number of aliphatic carboxylic acids is 1. The van der Waals surface area contributed by atoms with E-state index in [1.807, 2.05) is 0 Å². The molecule has 0 radical (unpaired) electrons. The standard InChI is InChI=1S/C18H19F3N2O4/c19-18(20,21)13-4-1-3-11(7-13)9-22-10-12(8-15(22)24)16(25)23-6-2-5-14(23)17(26)27/h1,3-4,7,12,14H,2,5-6,8-10H2,(H,26,27)/t12?,14-/m0/s1. The number of carboxylic acids is 1. The SMILES string of the molecule is O=C(O)[C@@H]1CCCN1C(=O)C1CC(=O)N(Cc2cccc(C(F)(F)F)c2)C1. The number of carbonyl (C=O) groups is 3. The number of carbonyl (C=O) groups excluding carboxylic acids is 2. The van der Waals surface area contributed by atoms with Gasteiger partial charge in [0.1, 0.15) is 6.04 Å². The molecule has 1 unspecified atom stereocenters. The second-order valence-corrected chi connectivity index (χ2v) is 6.90. The molecule has 0 aromatic heterocycles. The van der Waals surface area contributed by atoms with Crippen LogP contribution in [0, 0.1) is 5.92 Å². The normalized spacial score (nSPS) is 23.1. The molecule has 0 saturated carbocycles. The van der Waals surface area contributed by atoms with Gasteiger partial charge in [-0.25, -0.2) is 4.79 Å². The average Bonchev–Trinajstić information content (AvgIpc) is 3.21. The summed E-state index contributed by atoms with van der Waals surface area (Å²) in [4.78, 5) is 38.8. The predicted octanol–water partition coefficient (Wildman–Crippen LogP) is 2.13. The molecule has 27 heavy (non-hydrogen) atoms. The van der Waals surface area contributed by atoms with Gasteiger partial charge in [0, 0.05) is 26.1 Å². The van der Waals surface area contributed by atoms with E-state index >= 15 is 0 Å². The summed E-state index contributed by atoms with van der Waals surface area (Å²) >= 11 is 0. The lowest BCUT2D eigenvalue weighted by Gasteiger charge is -2.24. The minimum Gasteiger partial charge on any atom is -0.480 e. The number of rotatable bonds is 4. The van der Waals surface area contributed by atoms with Crippen molar-refractivity contribution in [2.75, 3.05) is 13.1 Å². The monoisotopic (exact) mass is 384 g/mol. The second kappa shape index (κ2) is 7.21. The largest absolute Gasteiger partial charge is 0.480 e. The van der Waals surface area contributed by atoms with E-state index in [0.29, 0.717) is 24.9 Å². The summed E-state index contributed by atoms with van der Waals surface area (Å²) in [6.07, 6.45) is -3.54. The van der Waals surface area contributed by atoms with Gasteiger partial charge in [-0.05, 0) is 30.5 Å². The van der Waals surface area contributed by atoms with Crippen molar-refractivity contribution in [3.8, 4) is 0 Å². The van der Waals surface area contributed by atoms with E-state index in [-0.39, 0.29) is 31.3 Å². The van der Waals surface area contributed by atoms with E-state index in [0.717, 1.165) is 12.1 Å². The van der Waals surface area contributed by atoms with Crippen LogP contribution in [0.25, 0.3) is 0 Å². The Labute approximate surface area is 153 Å². The summed E-state index contributed by atoms with van der Waals surface area (Å²) in [6.45, 7) is 0.403. The highest BCUT2D eigenvalue weighted by Gasteiger charge is 2.41. The van der Waals surface area contributed by atoms with Crippen molar-refractivity contribution in [3.63, 3.8) is 0 Å². The zero-order valence-corrected chi connectivity index (χ0v) is 14.4. The van der Waals surface area contributed by atoms with Crippen LogP contribution in [-0.2, 0) is 27.1 Å². The lowest BCUT2D eigenvalue weighted by molar-refractivity contribution is -0.149. The van der Waals surface area contributed by atoms with Crippen LogP contribution in [0.15, 0.2) is 24.3 Å². The summed E-state index contributed by atoms with van der Waals surface area (Å²) < 4.78 is 38.5. The summed E-state index contributed by atoms with van der Waals surface area (Å²) in [5.41, 5.74) is -0.462. The van der Waals surface area contributed by atoms with Crippen molar-refractivity contribution in [2.24, 2.45) is 5.92 Å². The zero-order chi connectivity index (χ0) is 19.8. The van der Waals surface area contributed by atoms with Crippen LogP contribution in [0.5, 0.6) is 0 Å². The number of hydrogen-bond acceptors (Lipinski definition) is 3. The molecule has 2 atom stereocenters. The van der Waals surface area contributed by atoms with Crippen LogP contribution in [-0.4, -0.2) is 51.8 Å². The fourth-order valence-electron chi connectivity index (χ4n) is 3.68. The molecule has 1 aromatic rings. The van der Waals surface area contributed by atoms with Gasteiger partial charge in [-0.1, -0.05) is 12.1 Å². The maximum absolute atomic E-state index is 12.8. The fourth-order valence-corrected chi connectivity index (χ4v) is 3.68. The van der Waals surface area contributed by atoms with E-state index < -0.39 is 29.7 Å². The number of likely N-dealkylation sites (tertiary alicyclic amines) is 2. The summed E-state index contributed by atoms with van der Waals surface area (Å²) in [6, 6.07) is 3.86. The molecule has 2 aliphatic rings. The van der Waals surface area contributed by atoms with Crippen molar-refractivity contribution in [3.05, 3.63) is 35.4 Å².